The van der Waals surface area contributed by atoms with Gasteiger partial charge in [0, 0.05) is 13.1 Å². The summed E-state index contributed by atoms with van der Waals surface area (Å²) in [7, 11) is 0. The monoisotopic (exact) mass is 230 g/mol. The number of likely N-dealkylation sites (tertiary alicyclic amines) is 1. The maximum atomic E-state index is 10.0. The van der Waals surface area contributed by atoms with E-state index in [1.54, 1.807) is 0 Å². The standard InChI is InChI=1S/C14H18N2O/c1-14(17)6-3-7-16(11-14)10-13-5-2-4-12(8-13)9-15/h2,4-5,8,17H,3,6-7,10-11H2,1H3. The van der Waals surface area contributed by atoms with Gasteiger partial charge in [0.15, 0.2) is 0 Å². The lowest BCUT2D eigenvalue weighted by Crippen LogP contribution is -2.45. The van der Waals surface area contributed by atoms with Crippen molar-refractivity contribution in [1.29, 1.82) is 5.26 Å². The summed E-state index contributed by atoms with van der Waals surface area (Å²) in [5.41, 5.74) is 1.28. The Labute approximate surface area is 102 Å². The fourth-order valence-electron chi connectivity index (χ4n) is 2.46. The van der Waals surface area contributed by atoms with Gasteiger partial charge in [-0.15, -0.1) is 0 Å². The Morgan fingerprint density at radius 1 is 1.53 bits per heavy atom. The van der Waals surface area contributed by atoms with Crippen LogP contribution in [0.15, 0.2) is 24.3 Å². The van der Waals surface area contributed by atoms with Crippen molar-refractivity contribution in [3.05, 3.63) is 35.4 Å². The van der Waals surface area contributed by atoms with Gasteiger partial charge in [0.25, 0.3) is 0 Å². The number of β-amino-alcohol motifs (C(OH)–C–C–N with tert-alkyl or cyclic N) is 1. The van der Waals surface area contributed by atoms with Gasteiger partial charge in [0.05, 0.1) is 17.2 Å². The van der Waals surface area contributed by atoms with Crippen molar-refractivity contribution in [1.82, 2.24) is 4.90 Å². The molecule has 1 aliphatic heterocycles. The van der Waals surface area contributed by atoms with Crippen molar-refractivity contribution in [2.24, 2.45) is 0 Å². The molecule has 3 heteroatoms. The first-order valence-electron chi connectivity index (χ1n) is 6.03. The number of benzene rings is 1. The number of rotatable bonds is 2. The predicted molar refractivity (Wildman–Crippen MR) is 66.3 cm³/mol. The first-order chi connectivity index (χ1) is 8.09. The normalized spacial score (nSPS) is 25.5. The summed E-state index contributed by atoms with van der Waals surface area (Å²) in [4.78, 5) is 2.25. The van der Waals surface area contributed by atoms with E-state index in [4.69, 9.17) is 5.26 Å². The SMILES string of the molecule is CC1(O)CCCN(Cc2cccc(C#N)c2)C1. The van der Waals surface area contributed by atoms with E-state index in [0.29, 0.717) is 12.1 Å². The third-order valence-corrected chi connectivity index (χ3v) is 3.22. The maximum Gasteiger partial charge on any atom is 0.0991 e. The van der Waals surface area contributed by atoms with Crippen LogP contribution >= 0.6 is 0 Å². The van der Waals surface area contributed by atoms with E-state index in [0.717, 1.165) is 31.5 Å². The van der Waals surface area contributed by atoms with Crippen molar-refractivity contribution in [2.75, 3.05) is 13.1 Å². The van der Waals surface area contributed by atoms with Gasteiger partial charge in [-0.05, 0) is 44.0 Å². The molecule has 1 atom stereocenters. The average molecular weight is 230 g/mol. The van der Waals surface area contributed by atoms with E-state index in [1.165, 1.54) is 0 Å². The summed E-state index contributed by atoms with van der Waals surface area (Å²) in [5.74, 6) is 0. The minimum absolute atomic E-state index is 0.564. The lowest BCUT2D eigenvalue weighted by molar-refractivity contribution is -0.0181. The van der Waals surface area contributed by atoms with E-state index >= 15 is 0 Å². The predicted octanol–water partition coefficient (Wildman–Crippen LogP) is 1.91. The second-order valence-corrected chi connectivity index (χ2v) is 5.12. The summed E-state index contributed by atoms with van der Waals surface area (Å²) in [6.07, 6.45) is 1.91. The van der Waals surface area contributed by atoms with Gasteiger partial charge in [0.2, 0.25) is 0 Å². The topological polar surface area (TPSA) is 47.3 Å². The molecule has 1 fully saturated rings. The van der Waals surface area contributed by atoms with Crippen molar-refractivity contribution < 1.29 is 5.11 Å². The molecule has 1 N–H and O–H groups in total. The van der Waals surface area contributed by atoms with Crippen molar-refractivity contribution >= 4 is 0 Å². The van der Waals surface area contributed by atoms with Crippen LogP contribution in [0.4, 0.5) is 0 Å². The number of piperidine rings is 1. The Bertz CT molecular complexity index is 434. The molecule has 2 rings (SSSR count). The fraction of sp³-hybridized carbons (Fsp3) is 0.500. The highest BCUT2D eigenvalue weighted by molar-refractivity contribution is 5.32. The van der Waals surface area contributed by atoms with E-state index < -0.39 is 5.60 Å². The number of aliphatic hydroxyl groups is 1. The highest BCUT2D eigenvalue weighted by atomic mass is 16.3. The molecule has 0 spiro atoms. The zero-order valence-electron chi connectivity index (χ0n) is 10.2. The zero-order chi connectivity index (χ0) is 12.3. The number of nitrogens with zero attached hydrogens (tertiary/aromatic N) is 2. The van der Waals surface area contributed by atoms with Crippen LogP contribution in [0.25, 0.3) is 0 Å². The number of nitriles is 1. The molecule has 1 unspecified atom stereocenters. The molecule has 0 radical (unpaired) electrons. The highest BCUT2D eigenvalue weighted by Crippen LogP contribution is 2.21. The third-order valence-electron chi connectivity index (χ3n) is 3.22. The summed E-state index contributed by atoms with van der Waals surface area (Å²) < 4.78 is 0. The van der Waals surface area contributed by atoms with E-state index in [9.17, 15) is 5.11 Å². The third kappa shape index (κ3) is 3.29. The van der Waals surface area contributed by atoms with Crippen molar-refractivity contribution in [3.63, 3.8) is 0 Å². The summed E-state index contributed by atoms with van der Waals surface area (Å²) >= 11 is 0. The van der Waals surface area contributed by atoms with Gasteiger partial charge in [-0.25, -0.2) is 0 Å². The van der Waals surface area contributed by atoms with Gasteiger partial charge in [-0.1, -0.05) is 12.1 Å². The molecule has 0 amide bonds. The van der Waals surface area contributed by atoms with Crippen LogP contribution in [0.3, 0.4) is 0 Å². The number of hydrogen-bond donors (Lipinski definition) is 1. The Morgan fingerprint density at radius 2 is 2.35 bits per heavy atom. The second kappa shape index (κ2) is 4.87. The molecule has 1 aliphatic rings. The average Bonchev–Trinajstić information content (AvgIpc) is 2.28. The van der Waals surface area contributed by atoms with Crippen LogP contribution in [0.2, 0.25) is 0 Å². The van der Waals surface area contributed by atoms with E-state index in [2.05, 4.69) is 11.0 Å². The van der Waals surface area contributed by atoms with Crippen LogP contribution in [0.5, 0.6) is 0 Å². The Morgan fingerprint density at radius 3 is 3.06 bits per heavy atom. The summed E-state index contributed by atoms with van der Waals surface area (Å²) in [5, 5.41) is 18.9. The van der Waals surface area contributed by atoms with Gasteiger partial charge in [0.1, 0.15) is 0 Å². The molecule has 3 nitrogen and oxygen atoms in total. The van der Waals surface area contributed by atoms with Crippen LogP contribution in [0, 0.1) is 11.3 Å². The van der Waals surface area contributed by atoms with Gasteiger partial charge >= 0.3 is 0 Å². The Balaban J connectivity index is 2.03. The molecule has 0 aromatic heterocycles. The Hall–Kier alpha value is -1.37. The fourth-order valence-corrected chi connectivity index (χ4v) is 2.46. The molecule has 17 heavy (non-hydrogen) atoms. The molecule has 1 heterocycles. The molecule has 1 saturated heterocycles. The minimum Gasteiger partial charge on any atom is -0.389 e. The quantitative estimate of drug-likeness (QED) is 0.844. The largest absolute Gasteiger partial charge is 0.389 e. The Kier molecular flexibility index (Phi) is 3.46. The second-order valence-electron chi connectivity index (χ2n) is 5.12. The molecule has 0 aliphatic carbocycles. The van der Waals surface area contributed by atoms with Crippen LogP contribution in [0.1, 0.15) is 30.9 Å². The van der Waals surface area contributed by atoms with Gasteiger partial charge in [-0.2, -0.15) is 5.26 Å². The lowest BCUT2D eigenvalue weighted by Gasteiger charge is -2.36. The smallest absolute Gasteiger partial charge is 0.0991 e. The molecule has 1 aromatic rings. The van der Waals surface area contributed by atoms with E-state index in [1.807, 2.05) is 31.2 Å². The first-order valence-corrected chi connectivity index (χ1v) is 6.03. The van der Waals surface area contributed by atoms with Crippen LogP contribution in [-0.2, 0) is 6.54 Å². The lowest BCUT2D eigenvalue weighted by atomic mass is 9.95. The minimum atomic E-state index is -0.564. The molecular formula is C14H18N2O. The van der Waals surface area contributed by atoms with Crippen molar-refractivity contribution in [3.8, 4) is 6.07 Å². The maximum absolute atomic E-state index is 10.0. The van der Waals surface area contributed by atoms with Crippen LogP contribution < -0.4 is 0 Å². The molecule has 0 bridgehead atoms. The highest BCUT2D eigenvalue weighted by Gasteiger charge is 2.28. The zero-order valence-corrected chi connectivity index (χ0v) is 10.2. The summed E-state index contributed by atoms with van der Waals surface area (Å²) in [6.45, 7) is 4.44. The van der Waals surface area contributed by atoms with Crippen molar-refractivity contribution in [2.45, 2.75) is 31.9 Å². The van der Waals surface area contributed by atoms with Gasteiger partial charge in [-0.3, -0.25) is 4.90 Å². The molecule has 90 valence electrons. The molecule has 1 aromatic carbocycles. The van der Waals surface area contributed by atoms with Crippen LogP contribution in [-0.4, -0.2) is 28.7 Å². The molecular weight excluding hydrogens is 212 g/mol. The van der Waals surface area contributed by atoms with E-state index in [-0.39, 0.29) is 0 Å². The number of hydrogen-bond acceptors (Lipinski definition) is 3. The first kappa shape index (κ1) is 12.1. The summed E-state index contributed by atoms with van der Waals surface area (Å²) in [6, 6.07) is 9.83. The molecule has 0 saturated carbocycles. The van der Waals surface area contributed by atoms with Gasteiger partial charge < -0.3 is 5.11 Å².